The number of rotatable bonds is 3. The fraction of sp³-hybridized carbons (Fsp3) is 0.300. The maximum Gasteiger partial charge on any atom is 0.119 e. The minimum absolute atomic E-state index is 0.438. The van der Waals surface area contributed by atoms with Crippen LogP contribution in [-0.4, -0.2) is 6.61 Å². The van der Waals surface area contributed by atoms with Gasteiger partial charge in [0.1, 0.15) is 12.4 Å². The lowest BCUT2D eigenvalue weighted by Crippen LogP contribution is -1.95. The Morgan fingerprint density at radius 2 is 2.33 bits per heavy atom. The van der Waals surface area contributed by atoms with Crippen LogP contribution in [0, 0.1) is 18.3 Å². The number of hydrogen-bond acceptors (Lipinski definition) is 2. The van der Waals surface area contributed by atoms with E-state index in [1.165, 1.54) is 5.56 Å². The molecule has 0 bridgehead atoms. The van der Waals surface area contributed by atoms with Crippen LogP contribution in [0.4, 0.5) is 0 Å². The molecule has 62 valence electrons. The van der Waals surface area contributed by atoms with E-state index in [0.717, 1.165) is 5.75 Å². The Bertz CT molecular complexity index is 288. The first-order valence-electron chi connectivity index (χ1n) is 3.89. The van der Waals surface area contributed by atoms with Gasteiger partial charge in [-0.05, 0) is 24.6 Å². The normalized spacial score (nSPS) is 9.00. The van der Waals surface area contributed by atoms with Crippen LogP contribution >= 0.6 is 0 Å². The minimum Gasteiger partial charge on any atom is -0.493 e. The maximum atomic E-state index is 8.27. The molecule has 0 radical (unpaired) electrons. The largest absolute Gasteiger partial charge is 0.493 e. The van der Waals surface area contributed by atoms with Gasteiger partial charge in [0, 0.05) is 0 Å². The lowest BCUT2D eigenvalue weighted by Gasteiger charge is -2.03. The van der Waals surface area contributed by atoms with Gasteiger partial charge in [0.2, 0.25) is 0 Å². The van der Waals surface area contributed by atoms with E-state index in [1.54, 1.807) is 0 Å². The summed E-state index contributed by atoms with van der Waals surface area (Å²) >= 11 is 0. The third kappa shape index (κ3) is 2.63. The molecule has 0 heterocycles. The van der Waals surface area contributed by atoms with Gasteiger partial charge in [0.05, 0.1) is 12.5 Å². The molecule has 0 saturated carbocycles. The summed E-state index contributed by atoms with van der Waals surface area (Å²) in [6.45, 7) is 2.48. The van der Waals surface area contributed by atoms with Gasteiger partial charge in [-0.15, -0.1) is 0 Å². The second-order valence-corrected chi connectivity index (χ2v) is 2.57. The molecule has 0 fully saturated rings. The molecule has 1 rings (SSSR count). The lowest BCUT2D eigenvalue weighted by atomic mass is 10.2. The number of benzene rings is 1. The zero-order valence-corrected chi connectivity index (χ0v) is 7.08. The summed E-state index contributed by atoms with van der Waals surface area (Å²) in [6, 6.07) is 9.83. The van der Waals surface area contributed by atoms with E-state index < -0.39 is 0 Å². The Hall–Kier alpha value is -1.49. The van der Waals surface area contributed by atoms with Gasteiger partial charge >= 0.3 is 0 Å². The van der Waals surface area contributed by atoms with E-state index in [0.29, 0.717) is 13.0 Å². The molecule has 1 aromatic rings. The molecule has 0 aromatic heterocycles. The van der Waals surface area contributed by atoms with Crippen LogP contribution in [0.1, 0.15) is 12.0 Å². The van der Waals surface area contributed by atoms with Crippen LogP contribution in [-0.2, 0) is 0 Å². The first kappa shape index (κ1) is 8.61. The Kier molecular flexibility index (Phi) is 3.16. The Morgan fingerprint density at radius 1 is 1.50 bits per heavy atom. The fourth-order valence-electron chi connectivity index (χ4n) is 0.920. The number of ether oxygens (including phenoxy) is 1. The highest BCUT2D eigenvalue weighted by Gasteiger charge is 1.91. The van der Waals surface area contributed by atoms with Crippen LogP contribution in [0.3, 0.4) is 0 Å². The SMILES string of the molecule is Cc1cccc(OCCC#N)c1. The second-order valence-electron chi connectivity index (χ2n) is 2.57. The number of nitriles is 1. The van der Waals surface area contributed by atoms with E-state index in [-0.39, 0.29) is 0 Å². The van der Waals surface area contributed by atoms with Crippen molar-refractivity contribution >= 4 is 0 Å². The summed E-state index contributed by atoms with van der Waals surface area (Å²) in [7, 11) is 0. The van der Waals surface area contributed by atoms with Gasteiger partial charge in [0.15, 0.2) is 0 Å². The molecule has 0 aliphatic heterocycles. The molecule has 2 nitrogen and oxygen atoms in total. The summed E-state index contributed by atoms with van der Waals surface area (Å²) in [5.41, 5.74) is 1.17. The zero-order chi connectivity index (χ0) is 8.81. The second kappa shape index (κ2) is 4.40. The summed E-state index contributed by atoms with van der Waals surface area (Å²) in [6.07, 6.45) is 0.438. The summed E-state index contributed by atoms with van der Waals surface area (Å²) in [5.74, 6) is 0.838. The van der Waals surface area contributed by atoms with Gasteiger partial charge in [-0.1, -0.05) is 12.1 Å². The molecule has 0 amide bonds. The van der Waals surface area contributed by atoms with Crippen LogP contribution in [0.15, 0.2) is 24.3 Å². The topological polar surface area (TPSA) is 33.0 Å². The van der Waals surface area contributed by atoms with Crippen molar-refractivity contribution in [2.75, 3.05) is 6.61 Å². The van der Waals surface area contributed by atoms with E-state index in [2.05, 4.69) is 0 Å². The van der Waals surface area contributed by atoms with Crippen LogP contribution in [0.25, 0.3) is 0 Å². The smallest absolute Gasteiger partial charge is 0.119 e. The third-order valence-electron chi connectivity index (χ3n) is 1.47. The molecule has 12 heavy (non-hydrogen) atoms. The molecular formula is C10H11NO. The molecular weight excluding hydrogens is 150 g/mol. The minimum atomic E-state index is 0.438. The van der Waals surface area contributed by atoms with Crippen molar-refractivity contribution in [1.82, 2.24) is 0 Å². The highest BCUT2D eigenvalue weighted by atomic mass is 16.5. The fourth-order valence-corrected chi connectivity index (χ4v) is 0.920. The predicted octanol–water partition coefficient (Wildman–Crippen LogP) is 2.29. The first-order chi connectivity index (χ1) is 5.83. The van der Waals surface area contributed by atoms with Crippen molar-refractivity contribution < 1.29 is 4.74 Å². The molecule has 0 unspecified atom stereocenters. The lowest BCUT2D eigenvalue weighted by molar-refractivity contribution is 0.326. The maximum absolute atomic E-state index is 8.27. The Morgan fingerprint density at radius 3 is 3.00 bits per heavy atom. The van der Waals surface area contributed by atoms with Crippen molar-refractivity contribution in [3.8, 4) is 11.8 Å². The summed E-state index contributed by atoms with van der Waals surface area (Å²) < 4.78 is 5.30. The molecule has 1 aromatic carbocycles. The number of aryl methyl sites for hydroxylation is 1. The van der Waals surface area contributed by atoms with Crippen LogP contribution < -0.4 is 4.74 Å². The highest BCUT2D eigenvalue weighted by Crippen LogP contribution is 2.12. The van der Waals surface area contributed by atoms with Crippen LogP contribution in [0.5, 0.6) is 5.75 Å². The monoisotopic (exact) mass is 161 g/mol. The van der Waals surface area contributed by atoms with Crippen molar-refractivity contribution in [2.24, 2.45) is 0 Å². The number of nitrogens with zero attached hydrogens (tertiary/aromatic N) is 1. The van der Waals surface area contributed by atoms with Gasteiger partial charge in [-0.3, -0.25) is 0 Å². The van der Waals surface area contributed by atoms with Gasteiger partial charge in [-0.2, -0.15) is 5.26 Å². The van der Waals surface area contributed by atoms with E-state index in [1.807, 2.05) is 37.3 Å². The number of hydrogen-bond donors (Lipinski definition) is 0. The van der Waals surface area contributed by atoms with Gasteiger partial charge in [0.25, 0.3) is 0 Å². The quantitative estimate of drug-likeness (QED) is 0.637. The van der Waals surface area contributed by atoms with E-state index in [4.69, 9.17) is 10.00 Å². The third-order valence-corrected chi connectivity index (χ3v) is 1.47. The van der Waals surface area contributed by atoms with E-state index >= 15 is 0 Å². The predicted molar refractivity (Wildman–Crippen MR) is 46.9 cm³/mol. The molecule has 0 atom stereocenters. The summed E-state index contributed by atoms with van der Waals surface area (Å²) in [4.78, 5) is 0. The molecule has 0 aliphatic rings. The zero-order valence-electron chi connectivity index (χ0n) is 7.08. The Labute approximate surface area is 72.4 Å². The Balaban J connectivity index is 2.48. The molecule has 0 saturated heterocycles. The first-order valence-corrected chi connectivity index (χ1v) is 3.89. The average Bonchev–Trinajstić information content (AvgIpc) is 2.05. The van der Waals surface area contributed by atoms with Gasteiger partial charge < -0.3 is 4.74 Å². The standard InChI is InChI=1S/C10H11NO/c1-9-4-2-5-10(8-9)12-7-3-6-11/h2,4-5,8H,3,7H2,1H3. The highest BCUT2D eigenvalue weighted by molar-refractivity contribution is 5.27. The van der Waals surface area contributed by atoms with Crippen LogP contribution in [0.2, 0.25) is 0 Å². The molecule has 0 aliphatic carbocycles. The molecule has 0 N–H and O–H groups in total. The van der Waals surface area contributed by atoms with E-state index in [9.17, 15) is 0 Å². The summed E-state index contributed by atoms with van der Waals surface area (Å²) in [5, 5.41) is 8.27. The molecule has 2 heteroatoms. The van der Waals surface area contributed by atoms with Crippen molar-refractivity contribution in [2.45, 2.75) is 13.3 Å². The molecule has 0 spiro atoms. The van der Waals surface area contributed by atoms with Gasteiger partial charge in [-0.25, -0.2) is 0 Å². The van der Waals surface area contributed by atoms with Crippen molar-refractivity contribution in [1.29, 1.82) is 5.26 Å². The van der Waals surface area contributed by atoms with Crippen molar-refractivity contribution in [3.63, 3.8) is 0 Å². The average molecular weight is 161 g/mol. The van der Waals surface area contributed by atoms with Crippen molar-refractivity contribution in [3.05, 3.63) is 29.8 Å².